The van der Waals surface area contributed by atoms with Gasteiger partial charge in [-0.15, -0.1) is 0 Å². The lowest BCUT2D eigenvalue weighted by molar-refractivity contribution is -0.118. The van der Waals surface area contributed by atoms with Crippen molar-refractivity contribution in [2.45, 2.75) is 32.8 Å². The molecular formula is C25H24N4O4. The zero-order valence-corrected chi connectivity index (χ0v) is 18.2. The second-order valence-electron chi connectivity index (χ2n) is 7.83. The van der Waals surface area contributed by atoms with Gasteiger partial charge >= 0.3 is 11.6 Å². The summed E-state index contributed by atoms with van der Waals surface area (Å²) in [6.45, 7) is 2.14. The average molecular weight is 444 g/mol. The van der Waals surface area contributed by atoms with E-state index in [4.69, 9.17) is 20.6 Å². The van der Waals surface area contributed by atoms with Gasteiger partial charge in [0.1, 0.15) is 23.8 Å². The predicted octanol–water partition coefficient (Wildman–Crippen LogP) is 3.38. The van der Waals surface area contributed by atoms with Crippen molar-refractivity contribution in [3.05, 3.63) is 87.4 Å². The minimum absolute atomic E-state index is 0.0218. The number of ether oxygens (including phenoxy) is 1. The first kappa shape index (κ1) is 22.0. The first-order valence-electron chi connectivity index (χ1n) is 10.5. The summed E-state index contributed by atoms with van der Waals surface area (Å²) in [6.07, 6.45) is 2.48. The summed E-state index contributed by atoms with van der Waals surface area (Å²) in [5, 5.41) is 0.785. The molecule has 33 heavy (non-hydrogen) atoms. The number of nitrogens with zero attached hydrogens (tertiary/aromatic N) is 2. The van der Waals surface area contributed by atoms with Gasteiger partial charge in [0.25, 0.3) is 0 Å². The van der Waals surface area contributed by atoms with Crippen LogP contribution in [0.5, 0.6) is 6.01 Å². The van der Waals surface area contributed by atoms with Crippen LogP contribution in [-0.2, 0) is 24.2 Å². The quantitative estimate of drug-likeness (QED) is 0.312. The van der Waals surface area contributed by atoms with Gasteiger partial charge in [-0.25, -0.2) is 9.78 Å². The van der Waals surface area contributed by atoms with Crippen LogP contribution in [0, 0.1) is 6.92 Å². The maximum atomic E-state index is 12.6. The van der Waals surface area contributed by atoms with E-state index in [1.54, 1.807) is 24.3 Å². The van der Waals surface area contributed by atoms with Gasteiger partial charge < -0.3 is 20.6 Å². The molecule has 168 valence electrons. The van der Waals surface area contributed by atoms with E-state index in [1.807, 2.05) is 31.2 Å². The maximum Gasteiger partial charge on any atom is 0.340 e. The van der Waals surface area contributed by atoms with Crippen molar-refractivity contribution < 1.29 is 13.9 Å². The minimum Gasteiger partial charge on any atom is -0.459 e. The van der Waals surface area contributed by atoms with Crippen LogP contribution in [0.15, 0.2) is 63.9 Å². The molecule has 0 saturated carbocycles. The van der Waals surface area contributed by atoms with E-state index in [1.165, 1.54) is 6.20 Å². The van der Waals surface area contributed by atoms with Crippen molar-refractivity contribution in [2.24, 2.45) is 0 Å². The lowest BCUT2D eigenvalue weighted by atomic mass is 9.98. The molecule has 2 heterocycles. The number of fused-ring (bicyclic) bond motifs is 1. The Labute approximate surface area is 190 Å². The number of anilines is 2. The fraction of sp³-hybridized carbons (Fsp3) is 0.200. The Morgan fingerprint density at radius 3 is 2.58 bits per heavy atom. The van der Waals surface area contributed by atoms with Crippen LogP contribution < -0.4 is 21.8 Å². The number of rotatable bonds is 8. The molecule has 0 unspecified atom stereocenters. The van der Waals surface area contributed by atoms with E-state index < -0.39 is 5.63 Å². The van der Waals surface area contributed by atoms with Gasteiger partial charge in [-0.3, -0.25) is 4.79 Å². The summed E-state index contributed by atoms with van der Waals surface area (Å²) in [5.74, 6) is 0.327. The van der Waals surface area contributed by atoms with Crippen molar-refractivity contribution in [3.8, 4) is 6.01 Å². The molecule has 0 aliphatic carbocycles. The molecule has 0 aliphatic heterocycles. The number of benzene rings is 2. The number of carbonyl (C=O) groups excluding carboxylic acids is 1. The number of aryl methyl sites for hydroxylation is 2. The number of aromatic nitrogens is 2. The molecule has 4 rings (SSSR count). The standard InChI is InChI=1S/C25H24N4O4/c1-15-20-9-7-18(26)12-22(20)33-24(31)21(15)13-19(30)8-6-16-2-4-17(5-3-16)14-32-25-28-11-10-23(27)29-25/h2-5,7,9-12H,6,8,13-14,26H2,1H3,(H2,27,28,29). The topological polar surface area (TPSA) is 134 Å². The van der Waals surface area contributed by atoms with E-state index >= 15 is 0 Å². The summed E-state index contributed by atoms with van der Waals surface area (Å²) >= 11 is 0. The predicted molar refractivity (Wildman–Crippen MR) is 126 cm³/mol. The van der Waals surface area contributed by atoms with Crippen LogP contribution >= 0.6 is 0 Å². The van der Waals surface area contributed by atoms with Crippen LogP contribution in [0.1, 0.15) is 28.7 Å². The normalized spacial score (nSPS) is 10.9. The largest absolute Gasteiger partial charge is 0.459 e. The van der Waals surface area contributed by atoms with Gasteiger partial charge in [0.15, 0.2) is 0 Å². The van der Waals surface area contributed by atoms with E-state index in [0.717, 1.165) is 22.1 Å². The Bertz CT molecular complexity index is 1360. The van der Waals surface area contributed by atoms with Crippen molar-refractivity contribution in [2.75, 3.05) is 11.5 Å². The summed E-state index contributed by atoms with van der Waals surface area (Å²) in [5.41, 5.74) is 14.9. The second kappa shape index (κ2) is 9.52. The Morgan fingerprint density at radius 2 is 1.82 bits per heavy atom. The third-order valence-electron chi connectivity index (χ3n) is 5.42. The zero-order chi connectivity index (χ0) is 23.4. The van der Waals surface area contributed by atoms with E-state index in [-0.39, 0.29) is 18.2 Å². The number of carbonyl (C=O) groups is 1. The average Bonchev–Trinajstić information content (AvgIpc) is 2.79. The van der Waals surface area contributed by atoms with Crippen LogP contribution in [0.4, 0.5) is 11.5 Å². The zero-order valence-electron chi connectivity index (χ0n) is 18.2. The lowest BCUT2D eigenvalue weighted by Gasteiger charge is -2.08. The molecule has 0 aliphatic rings. The highest BCUT2D eigenvalue weighted by Crippen LogP contribution is 2.22. The Kier molecular flexibility index (Phi) is 6.35. The van der Waals surface area contributed by atoms with Crippen LogP contribution in [0.3, 0.4) is 0 Å². The fourth-order valence-corrected chi connectivity index (χ4v) is 3.56. The summed E-state index contributed by atoms with van der Waals surface area (Å²) in [6, 6.07) is 14.7. The first-order chi connectivity index (χ1) is 15.9. The van der Waals surface area contributed by atoms with Crippen molar-refractivity contribution >= 4 is 28.3 Å². The van der Waals surface area contributed by atoms with Crippen molar-refractivity contribution in [1.82, 2.24) is 9.97 Å². The van der Waals surface area contributed by atoms with E-state index in [0.29, 0.717) is 42.1 Å². The lowest BCUT2D eigenvalue weighted by Crippen LogP contribution is -2.15. The van der Waals surface area contributed by atoms with E-state index in [2.05, 4.69) is 9.97 Å². The Morgan fingerprint density at radius 1 is 1.06 bits per heavy atom. The van der Waals surface area contributed by atoms with Gasteiger partial charge in [0.2, 0.25) is 0 Å². The molecule has 0 radical (unpaired) electrons. The molecule has 4 N–H and O–H groups in total. The van der Waals surface area contributed by atoms with Gasteiger partial charge in [-0.05, 0) is 48.2 Å². The number of hydrogen-bond acceptors (Lipinski definition) is 8. The number of Topliss-reactive ketones (excluding diaryl/α,β-unsaturated/α-hetero) is 1. The minimum atomic E-state index is -0.493. The highest BCUT2D eigenvalue weighted by molar-refractivity contribution is 5.86. The van der Waals surface area contributed by atoms with E-state index in [9.17, 15) is 9.59 Å². The first-order valence-corrected chi connectivity index (χ1v) is 10.5. The Hall–Kier alpha value is -4.20. The smallest absolute Gasteiger partial charge is 0.340 e. The molecule has 0 amide bonds. The third kappa shape index (κ3) is 5.35. The molecule has 0 spiro atoms. The van der Waals surface area contributed by atoms with Gasteiger partial charge in [-0.2, -0.15) is 4.98 Å². The number of nitrogens with two attached hydrogens (primary N) is 2. The van der Waals surface area contributed by atoms with Crippen LogP contribution in [0.2, 0.25) is 0 Å². The van der Waals surface area contributed by atoms with Crippen molar-refractivity contribution in [1.29, 1.82) is 0 Å². The highest BCUT2D eigenvalue weighted by atomic mass is 16.5. The maximum absolute atomic E-state index is 12.6. The molecular weight excluding hydrogens is 420 g/mol. The molecule has 8 heteroatoms. The van der Waals surface area contributed by atoms with Gasteiger partial charge in [0, 0.05) is 41.7 Å². The van der Waals surface area contributed by atoms with Crippen LogP contribution in [0.25, 0.3) is 11.0 Å². The number of hydrogen-bond donors (Lipinski definition) is 2. The number of ketones is 1. The van der Waals surface area contributed by atoms with Gasteiger partial charge in [-0.1, -0.05) is 24.3 Å². The summed E-state index contributed by atoms with van der Waals surface area (Å²) in [4.78, 5) is 33.0. The van der Waals surface area contributed by atoms with Crippen LogP contribution in [-0.4, -0.2) is 15.8 Å². The monoisotopic (exact) mass is 444 g/mol. The highest BCUT2D eigenvalue weighted by Gasteiger charge is 2.15. The molecule has 0 bridgehead atoms. The fourth-order valence-electron chi connectivity index (χ4n) is 3.56. The second-order valence-corrected chi connectivity index (χ2v) is 7.83. The summed E-state index contributed by atoms with van der Waals surface area (Å²) < 4.78 is 10.9. The molecule has 0 saturated heterocycles. The molecule has 0 fully saturated rings. The third-order valence-corrected chi connectivity index (χ3v) is 5.42. The Balaban J connectivity index is 1.34. The molecule has 2 aromatic heterocycles. The van der Waals surface area contributed by atoms with Crippen molar-refractivity contribution in [3.63, 3.8) is 0 Å². The summed E-state index contributed by atoms with van der Waals surface area (Å²) in [7, 11) is 0. The number of nitrogen functional groups attached to an aromatic ring is 2. The molecule has 2 aromatic carbocycles. The SMILES string of the molecule is Cc1c(CC(=O)CCc2ccc(COc3nccc(N)n3)cc2)c(=O)oc2cc(N)ccc12. The van der Waals surface area contributed by atoms with Gasteiger partial charge in [0.05, 0.1) is 0 Å². The molecule has 8 nitrogen and oxygen atoms in total. The molecule has 0 atom stereocenters. The molecule has 4 aromatic rings.